The molecular weight excluding hydrogens is 351 g/mol. The largest absolute Gasteiger partial charge is 0.481 e. The predicted octanol–water partition coefficient (Wildman–Crippen LogP) is 1.45. The van der Waals surface area contributed by atoms with Crippen LogP contribution in [-0.2, 0) is 19.6 Å². The van der Waals surface area contributed by atoms with Crippen LogP contribution in [0.2, 0.25) is 0 Å². The highest BCUT2D eigenvalue weighted by atomic mass is 32.2. The van der Waals surface area contributed by atoms with E-state index in [1.165, 1.54) is 33.0 Å². The minimum Gasteiger partial charge on any atom is -0.481 e. The van der Waals surface area contributed by atoms with Crippen LogP contribution >= 0.6 is 0 Å². The second-order valence-corrected chi connectivity index (χ2v) is 8.39. The molecule has 0 saturated heterocycles. The summed E-state index contributed by atoms with van der Waals surface area (Å²) in [6.45, 7) is 3.09. The lowest BCUT2D eigenvalue weighted by molar-refractivity contribution is -0.146. The van der Waals surface area contributed by atoms with Crippen molar-refractivity contribution in [2.45, 2.75) is 31.6 Å². The minimum absolute atomic E-state index is 0.00904. The van der Waals surface area contributed by atoms with Crippen molar-refractivity contribution in [2.24, 2.45) is 5.41 Å². The van der Waals surface area contributed by atoms with Gasteiger partial charge in [0.05, 0.1) is 10.3 Å². The van der Waals surface area contributed by atoms with Crippen molar-refractivity contribution in [3.8, 4) is 0 Å². The number of hydrogen-bond acceptors (Lipinski definition) is 4. The Morgan fingerprint density at radius 1 is 1.24 bits per heavy atom. The normalized spacial score (nSPS) is 12.2. The van der Waals surface area contributed by atoms with Crippen LogP contribution in [-0.4, -0.2) is 49.8 Å². The third-order valence-corrected chi connectivity index (χ3v) is 5.58. The molecule has 7 nitrogen and oxygen atoms in total. The van der Waals surface area contributed by atoms with Crippen LogP contribution in [0.3, 0.4) is 0 Å². The summed E-state index contributed by atoms with van der Waals surface area (Å²) >= 11 is 0. The van der Waals surface area contributed by atoms with E-state index in [-0.39, 0.29) is 36.7 Å². The first-order valence-electron chi connectivity index (χ1n) is 7.69. The highest BCUT2D eigenvalue weighted by molar-refractivity contribution is 7.89. The molecule has 0 fully saturated rings. The topological polar surface area (TPSA) is 104 Å². The molecule has 0 unspecified atom stereocenters. The maximum atomic E-state index is 12.9. The molecule has 25 heavy (non-hydrogen) atoms. The van der Waals surface area contributed by atoms with Crippen LogP contribution < -0.4 is 5.32 Å². The van der Waals surface area contributed by atoms with E-state index in [2.05, 4.69) is 5.32 Å². The van der Waals surface area contributed by atoms with E-state index < -0.39 is 27.2 Å². The summed E-state index contributed by atoms with van der Waals surface area (Å²) in [5.41, 5.74) is -1.07. The molecule has 0 atom stereocenters. The highest BCUT2D eigenvalue weighted by Gasteiger charge is 2.27. The quantitative estimate of drug-likeness (QED) is 0.681. The number of carbonyl (C=O) groups excluding carboxylic acids is 1. The zero-order valence-corrected chi connectivity index (χ0v) is 15.3. The van der Waals surface area contributed by atoms with E-state index >= 15 is 0 Å². The molecule has 0 radical (unpaired) electrons. The number of halogens is 1. The number of carboxylic acid groups (broad SMARTS) is 1. The molecule has 0 aliphatic rings. The lowest BCUT2D eigenvalue weighted by Gasteiger charge is -2.20. The van der Waals surface area contributed by atoms with E-state index in [0.717, 1.165) is 16.4 Å². The van der Waals surface area contributed by atoms with Crippen molar-refractivity contribution in [1.29, 1.82) is 0 Å². The Bertz CT molecular complexity index is 717. The zero-order chi connectivity index (χ0) is 19.3. The number of sulfonamides is 1. The smallest absolute Gasteiger partial charge is 0.310 e. The first-order chi connectivity index (χ1) is 11.5. The van der Waals surface area contributed by atoms with Gasteiger partial charge in [-0.2, -0.15) is 0 Å². The Morgan fingerprint density at radius 2 is 1.80 bits per heavy atom. The summed E-state index contributed by atoms with van der Waals surface area (Å²) < 4.78 is 38.6. The van der Waals surface area contributed by atoms with Gasteiger partial charge in [-0.05, 0) is 44.5 Å². The van der Waals surface area contributed by atoms with Crippen LogP contribution in [0.15, 0.2) is 29.2 Å². The van der Waals surface area contributed by atoms with Crippen molar-refractivity contribution < 1.29 is 27.5 Å². The Balaban J connectivity index is 2.48. The van der Waals surface area contributed by atoms with Crippen molar-refractivity contribution in [3.63, 3.8) is 0 Å². The molecule has 1 amide bonds. The van der Waals surface area contributed by atoms with Crippen LogP contribution in [0, 0.1) is 11.2 Å². The van der Waals surface area contributed by atoms with E-state index in [0.29, 0.717) is 0 Å². The molecule has 1 aromatic carbocycles. The minimum atomic E-state index is -3.74. The van der Waals surface area contributed by atoms with E-state index in [4.69, 9.17) is 5.11 Å². The lowest BCUT2D eigenvalue weighted by atomic mass is 9.94. The van der Waals surface area contributed by atoms with Crippen LogP contribution in [0.25, 0.3) is 0 Å². The summed E-state index contributed by atoms with van der Waals surface area (Å²) in [5.74, 6) is -1.89. The van der Waals surface area contributed by atoms with Crippen molar-refractivity contribution in [1.82, 2.24) is 9.62 Å². The zero-order valence-electron chi connectivity index (χ0n) is 14.5. The molecule has 1 rings (SSSR count). The van der Waals surface area contributed by atoms with Gasteiger partial charge in [-0.15, -0.1) is 0 Å². The summed E-state index contributed by atoms with van der Waals surface area (Å²) in [6, 6.07) is 4.50. The van der Waals surface area contributed by atoms with Crippen LogP contribution in [0.5, 0.6) is 0 Å². The van der Waals surface area contributed by atoms with Gasteiger partial charge in [0, 0.05) is 26.6 Å². The fraction of sp³-hybridized carbons (Fsp3) is 0.500. The number of amides is 1. The molecule has 0 saturated carbocycles. The van der Waals surface area contributed by atoms with Gasteiger partial charge in [0.25, 0.3) is 0 Å². The molecule has 0 bridgehead atoms. The average molecular weight is 374 g/mol. The van der Waals surface area contributed by atoms with Crippen molar-refractivity contribution in [3.05, 3.63) is 30.1 Å². The Kier molecular flexibility index (Phi) is 7.06. The van der Waals surface area contributed by atoms with Gasteiger partial charge in [0.2, 0.25) is 15.9 Å². The van der Waals surface area contributed by atoms with E-state index in [9.17, 15) is 22.4 Å². The van der Waals surface area contributed by atoms with E-state index in [1.807, 2.05) is 0 Å². The number of carboxylic acids is 1. The number of nitrogens with zero attached hydrogens (tertiary/aromatic N) is 1. The van der Waals surface area contributed by atoms with Gasteiger partial charge in [0.15, 0.2) is 0 Å². The first kappa shape index (κ1) is 21.0. The van der Waals surface area contributed by atoms with Gasteiger partial charge < -0.3 is 10.4 Å². The molecule has 1 aromatic rings. The first-order valence-corrected chi connectivity index (χ1v) is 9.13. The maximum Gasteiger partial charge on any atom is 0.310 e. The van der Waals surface area contributed by atoms with Gasteiger partial charge in [-0.3, -0.25) is 9.59 Å². The summed E-state index contributed by atoms with van der Waals surface area (Å²) in [4.78, 5) is 22.7. The molecule has 0 aliphatic heterocycles. The number of nitrogens with one attached hydrogen (secondary N) is 1. The van der Waals surface area contributed by atoms with Gasteiger partial charge >= 0.3 is 5.97 Å². The fourth-order valence-corrected chi connectivity index (χ4v) is 3.06. The van der Waals surface area contributed by atoms with Gasteiger partial charge in [-0.25, -0.2) is 17.1 Å². The number of hydrogen-bond donors (Lipinski definition) is 2. The summed E-state index contributed by atoms with van der Waals surface area (Å²) in [7, 11) is -2.36. The van der Waals surface area contributed by atoms with Gasteiger partial charge in [0.1, 0.15) is 5.82 Å². The Hall–Kier alpha value is -2.00. The third kappa shape index (κ3) is 6.09. The van der Waals surface area contributed by atoms with Crippen molar-refractivity contribution >= 4 is 21.9 Å². The van der Waals surface area contributed by atoms with Crippen LogP contribution in [0.4, 0.5) is 4.39 Å². The molecule has 140 valence electrons. The lowest BCUT2D eigenvalue weighted by Crippen LogP contribution is -2.39. The monoisotopic (exact) mass is 374 g/mol. The maximum absolute atomic E-state index is 12.9. The molecule has 2 N–H and O–H groups in total. The summed E-state index contributed by atoms with van der Waals surface area (Å²) in [6.07, 6.45) is 0.342. The standard InChI is InChI=1S/C16H23FN2O5S/c1-16(2,15(21)22)11-18-14(20)5-4-10-19(3)25(23,24)13-8-6-12(17)7-9-13/h6-9H,4-5,10-11H2,1-3H3,(H,18,20)(H,21,22). The third-order valence-electron chi connectivity index (χ3n) is 3.71. The highest BCUT2D eigenvalue weighted by Crippen LogP contribution is 2.16. The second kappa shape index (κ2) is 8.39. The van der Waals surface area contributed by atoms with Crippen LogP contribution in [0.1, 0.15) is 26.7 Å². The Labute approximate surface area is 146 Å². The SMILES string of the molecule is CN(CCCC(=O)NCC(C)(C)C(=O)O)S(=O)(=O)c1ccc(F)cc1. The summed E-state index contributed by atoms with van der Waals surface area (Å²) in [5, 5.41) is 11.5. The molecule has 0 heterocycles. The molecule has 0 spiro atoms. The van der Waals surface area contributed by atoms with Gasteiger partial charge in [-0.1, -0.05) is 0 Å². The van der Waals surface area contributed by atoms with E-state index in [1.54, 1.807) is 0 Å². The Morgan fingerprint density at radius 3 is 2.32 bits per heavy atom. The second-order valence-electron chi connectivity index (χ2n) is 6.35. The molecule has 0 aromatic heterocycles. The average Bonchev–Trinajstić information content (AvgIpc) is 2.53. The number of benzene rings is 1. The molecular formula is C16H23FN2O5S. The molecule has 9 heteroatoms. The number of rotatable bonds is 9. The fourth-order valence-electron chi connectivity index (χ4n) is 1.85. The number of aliphatic carboxylic acids is 1. The van der Waals surface area contributed by atoms with Crippen molar-refractivity contribution in [2.75, 3.05) is 20.1 Å². The molecule has 0 aliphatic carbocycles. The number of carbonyl (C=O) groups is 2. The predicted molar refractivity (Wildman–Crippen MR) is 89.9 cm³/mol.